The van der Waals surface area contributed by atoms with Crippen molar-refractivity contribution in [2.45, 2.75) is 26.2 Å². The fourth-order valence-corrected chi connectivity index (χ4v) is 5.77. The highest BCUT2D eigenvalue weighted by atomic mass is 16.3. The van der Waals surface area contributed by atoms with E-state index in [1.165, 1.54) is 5.56 Å². The Bertz CT molecular complexity index is 2090. The molecular formula is C40H33N3O. The molecule has 2 aromatic heterocycles. The first kappa shape index (κ1) is 27.4. The summed E-state index contributed by atoms with van der Waals surface area (Å²) < 4.78 is 2.15. The molecule has 4 heteroatoms. The molecule has 0 atom stereocenters. The maximum absolute atomic E-state index is 11.2. The van der Waals surface area contributed by atoms with Crippen LogP contribution in [0.4, 0.5) is 0 Å². The van der Waals surface area contributed by atoms with E-state index in [1.54, 1.807) is 6.07 Å². The Morgan fingerprint density at radius 3 is 2.05 bits per heavy atom. The van der Waals surface area contributed by atoms with E-state index < -0.39 is 0 Å². The van der Waals surface area contributed by atoms with Crippen LogP contribution in [-0.4, -0.2) is 19.6 Å². The molecule has 0 saturated heterocycles. The van der Waals surface area contributed by atoms with Gasteiger partial charge in [-0.1, -0.05) is 99.6 Å². The number of aromatic hydroxyl groups is 1. The molecule has 5 aromatic carbocycles. The summed E-state index contributed by atoms with van der Waals surface area (Å²) in [6, 6.07) is 45.3. The molecule has 1 N–H and O–H groups in total. The highest BCUT2D eigenvalue weighted by molar-refractivity contribution is 5.97. The Balaban J connectivity index is 1.50. The lowest BCUT2D eigenvalue weighted by atomic mass is 9.83. The van der Waals surface area contributed by atoms with Crippen molar-refractivity contribution in [3.63, 3.8) is 0 Å². The van der Waals surface area contributed by atoms with Crippen LogP contribution in [0.3, 0.4) is 0 Å². The summed E-state index contributed by atoms with van der Waals surface area (Å²) >= 11 is 0. The third-order valence-electron chi connectivity index (χ3n) is 8.11. The van der Waals surface area contributed by atoms with Crippen molar-refractivity contribution < 1.29 is 5.11 Å². The zero-order chi connectivity index (χ0) is 30.3. The zero-order valence-electron chi connectivity index (χ0n) is 25.1. The lowest BCUT2D eigenvalue weighted by Gasteiger charge is -2.21. The van der Waals surface area contributed by atoms with Gasteiger partial charge in [-0.3, -0.25) is 9.55 Å². The number of imidazole rings is 1. The SMILES string of the molecule is CC(C)(C)c1cc(-c2ccccn2)cc(-c2cccc3c2nc(-c2cc(-c4ccccc4)ccc2O)n3-c2ccccc2)c1. The number of nitrogens with zero attached hydrogens (tertiary/aromatic N) is 3. The van der Waals surface area contributed by atoms with Gasteiger partial charge >= 0.3 is 0 Å². The monoisotopic (exact) mass is 571 g/mol. The molecule has 0 fully saturated rings. The van der Waals surface area contributed by atoms with Crippen molar-refractivity contribution in [1.82, 2.24) is 14.5 Å². The number of phenolic OH excluding ortho intramolecular Hbond substituents is 1. The molecule has 0 saturated carbocycles. The molecule has 7 rings (SSSR count). The van der Waals surface area contributed by atoms with Crippen molar-refractivity contribution in [3.8, 4) is 56.3 Å². The molecule has 0 bridgehead atoms. The van der Waals surface area contributed by atoms with Gasteiger partial charge in [-0.2, -0.15) is 0 Å². The topological polar surface area (TPSA) is 50.9 Å². The Hall–Kier alpha value is -5.48. The van der Waals surface area contributed by atoms with E-state index in [2.05, 4.69) is 97.1 Å². The lowest BCUT2D eigenvalue weighted by molar-refractivity contribution is 0.477. The molecule has 0 amide bonds. The van der Waals surface area contributed by atoms with Crippen molar-refractivity contribution in [1.29, 1.82) is 0 Å². The standard InChI is InChI=1S/C40H33N3O/c1-40(2,3)31-24-29(23-30(25-31)35-18-10-11-22-41-35)33-17-12-19-36-38(33)42-39(43(36)32-15-8-5-9-16-32)34-26-28(20-21-37(34)44)27-13-6-4-7-14-27/h4-26,44H,1-3H3. The predicted molar refractivity (Wildman–Crippen MR) is 181 cm³/mol. The van der Waals surface area contributed by atoms with Crippen LogP contribution in [0.15, 0.2) is 140 Å². The Kier molecular flexibility index (Phi) is 6.83. The van der Waals surface area contributed by atoms with Gasteiger partial charge < -0.3 is 5.11 Å². The third-order valence-corrected chi connectivity index (χ3v) is 8.11. The van der Waals surface area contributed by atoms with Gasteiger partial charge in [0.05, 0.1) is 22.3 Å². The summed E-state index contributed by atoms with van der Waals surface area (Å²) in [4.78, 5) is 9.98. The molecule has 0 radical (unpaired) electrons. The van der Waals surface area contributed by atoms with Gasteiger partial charge in [-0.25, -0.2) is 4.98 Å². The number of pyridine rings is 1. The second-order valence-electron chi connectivity index (χ2n) is 12.1. The van der Waals surface area contributed by atoms with Crippen LogP contribution in [-0.2, 0) is 5.41 Å². The number of fused-ring (bicyclic) bond motifs is 1. The number of hydrogen-bond acceptors (Lipinski definition) is 3. The molecule has 44 heavy (non-hydrogen) atoms. The van der Waals surface area contributed by atoms with Crippen LogP contribution in [0.2, 0.25) is 0 Å². The van der Waals surface area contributed by atoms with Gasteiger partial charge in [-0.05, 0) is 82.3 Å². The molecule has 7 aromatic rings. The first-order valence-corrected chi connectivity index (χ1v) is 14.9. The van der Waals surface area contributed by atoms with Gasteiger partial charge in [0, 0.05) is 23.0 Å². The zero-order valence-corrected chi connectivity index (χ0v) is 25.1. The fraction of sp³-hybridized carbons (Fsp3) is 0.100. The number of rotatable bonds is 5. The third kappa shape index (κ3) is 5.05. The van der Waals surface area contributed by atoms with Crippen molar-refractivity contribution in [2.75, 3.05) is 0 Å². The molecule has 0 aliphatic carbocycles. The summed E-state index contributed by atoms with van der Waals surface area (Å²) in [5, 5.41) is 11.2. The summed E-state index contributed by atoms with van der Waals surface area (Å²) in [5.74, 6) is 0.872. The molecule has 0 spiro atoms. The summed E-state index contributed by atoms with van der Waals surface area (Å²) in [7, 11) is 0. The van der Waals surface area contributed by atoms with Crippen molar-refractivity contribution >= 4 is 11.0 Å². The van der Waals surface area contributed by atoms with E-state index in [4.69, 9.17) is 4.98 Å². The summed E-state index contributed by atoms with van der Waals surface area (Å²) in [6.45, 7) is 6.71. The van der Waals surface area contributed by atoms with Gasteiger partial charge in [0.2, 0.25) is 0 Å². The molecule has 0 unspecified atom stereocenters. The van der Waals surface area contributed by atoms with E-state index in [0.717, 1.165) is 50.2 Å². The molecule has 0 aliphatic rings. The number of para-hydroxylation sites is 2. The van der Waals surface area contributed by atoms with Crippen LogP contribution in [0, 0.1) is 0 Å². The van der Waals surface area contributed by atoms with Crippen LogP contribution in [0.25, 0.3) is 61.6 Å². The van der Waals surface area contributed by atoms with E-state index >= 15 is 0 Å². The normalized spacial score (nSPS) is 11.6. The van der Waals surface area contributed by atoms with Crippen LogP contribution in [0.1, 0.15) is 26.3 Å². The van der Waals surface area contributed by atoms with Gasteiger partial charge in [-0.15, -0.1) is 0 Å². The minimum absolute atomic E-state index is 0.0638. The fourth-order valence-electron chi connectivity index (χ4n) is 5.77. The van der Waals surface area contributed by atoms with Crippen LogP contribution < -0.4 is 0 Å². The molecular weight excluding hydrogens is 538 g/mol. The first-order valence-electron chi connectivity index (χ1n) is 14.9. The number of hydrogen-bond donors (Lipinski definition) is 1. The molecule has 214 valence electrons. The van der Waals surface area contributed by atoms with E-state index in [1.807, 2.05) is 66.9 Å². The maximum atomic E-state index is 11.2. The molecule has 4 nitrogen and oxygen atoms in total. The van der Waals surface area contributed by atoms with E-state index in [-0.39, 0.29) is 11.2 Å². The predicted octanol–water partition coefficient (Wildman–Crippen LogP) is 10.1. The van der Waals surface area contributed by atoms with Crippen molar-refractivity contribution in [2.24, 2.45) is 0 Å². The first-order chi connectivity index (χ1) is 21.4. The number of benzene rings is 5. The van der Waals surface area contributed by atoms with Gasteiger partial charge in [0.1, 0.15) is 11.6 Å². The minimum Gasteiger partial charge on any atom is -0.507 e. The largest absolute Gasteiger partial charge is 0.507 e. The molecule has 0 aliphatic heterocycles. The highest BCUT2D eigenvalue weighted by Gasteiger charge is 2.22. The quantitative estimate of drug-likeness (QED) is 0.224. The average Bonchev–Trinajstić information content (AvgIpc) is 3.45. The Morgan fingerprint density at radius 2 is 1.32 bits per heavy atom. The van der Waals surface area contributed by atoms with Crippen molar-refractivity contribution in [3.05, 3.63) is 145 Å². The Labute approximate surface area is 258 Å². The second kappa shape index (κ2) is 11.0. The highest BCUT2D eigenvalue weighted by Crippen LogP contribution is 2.40. The number of aromatic nitrogens is 3. The minimum atomic E-state index is -0.0638. The average molecular weight is 572 g/mol. The van der Waals surface area contributed by atoms with E-state index in [9.17, 15) is 5.11 Å². The summed E-state index contributed by atoms with van der Waals surface area (Å²) in [6.07, 6.45) is 1.84. The van der Waals surface area contributed by atoms with E-state index in [0.29, 0.717) is 11.4 Å². The smallest absolute Gasteiger partial charge is 0.149 e. The maximum Gasteiger partial charge on any atom is 0.149 e. The summed E-state index contributed by atoms with van der Waals surface area (Å²) in [5.41, 5.74) is 10.9. The number of phenols is 1. The van der Waals surface area contributed by atoms with Crippen LogP contribution in [0.5, 0.6) is 5.75 Å². The van der Waals surface area contributed by atoms with Crippen LogP contribution >= 0.6 is 0 Å². The lowest BCUT2D eigenvalue weighted by Crippen LogP contribution is -2.11. The molecule has 2 heterocycles. The second-order valence-corrected chi connectivity index (χ2v) is 12.1. The van der Waals surface area contributed by atoms with Gasteiger partial charge in [0.25, 0.3) is 0 Å². The Morgan fingerprint density at radius 1 is 0.591 bits per heavy atom. The van der Waals surface area contributed by atoms with Gasteiger partial charge in [0.15, 0.2) is 0 Å².